The Morgan fingerprint density at radius 2 is 2.33 bits per heavy atom. The number of hydrogen-bond donors (Lipinski definition) is 2. The zero-order valence-electron chi connectivity index (χ0n) is 11.2. The molecular weight excluding hydrogens is 262 g/mol. The fourth-order valence-corrected chi connectivity index (χ4v) is 2.76. The summed E-state index contributed by atoms with van der Waals surface area (Å²) in [6, 6.07) is 2.29. The second kappa shape index (κ2) is 7.59. The average Bonchev–Trinajstić information content (AvgIpc) is 2.28. The number of aryl methyl sites for hydroxylation is 1. The minimum Gasteiger partial charge on any atom is -0.389 e. The van der Waals surface area contributed by atoms with Gasteiger partial charge >= 0.3 is 0 Å². The van der Waals surface area contributed by atoms with Gasteiger partial charge in [0.2, 0.25) is 0 Å². The van der Waals surface area contributed by atoms with Gasteiger partial charge in [-0.15, -0.1) is 0 Å². The molecule has 1 aromatic heterocycles. The lowest BCUT2D eigenvalue weighted by Gasteiger charge is -2.17. The van der Waals surface area contributed by atoms with Crippen molar-refractivity contribution >= 4 is 34.8 Å². The van der Waals surface area contributed by atoms with E-state index in [0.717, 1.165) is 34.9 Å². The molecule has 18 heavy (non-hydrogen) atoms. The van der Waals surface area contributed by atoms with Crippen LogP contribution in [0.4, 0.5) is 5.82 Å². The number of nitrogens with one attached hydrogen (secondary N) is 1. The van der Waals surface area contributed by atoms with Crippen LogP contribution in [0.3, 0.4) is 0 Å². The molecular formula is C13H21N3S2. The van der Waals surface area contributed by atoms with Gasteiger partial charge in [-0.25, -0.2) is 4.98 Å². The molecule has 100 valence electrons. The second-order valence-corrected chi connectivity index (χ2v) is 6.08. The predicted molar refractivity (Wildman–Crippen MR) is 85.6 cm³/mol. The topological polar surface area (TPSA) is 50.9 Å². The van der Waals surface area contributed by atoms with E-state index in [1.54, 1.807) is 6.20 Å². The molecule has 1 atom stereocenters. The lowest BCUT2D eigenvalue weighted by Crippen LogP contribution is -2.22. The van der Waals surface area contributed by atoms with Crippen LogP contribution in [0.5, 0.6) is 0 Å². The van der Waals surface area contributed by atoms with Gasteiger partial charge in [0, 0.05) is 12.2 Å². The summed E-state index contributed by atoms with van der Waals surface area (Å²) in [6.07, 6.45) is 2.89. The van der Waals surface area contributed by atoms with Gasteiger partial charge in [0.15, 0.2) is 0 Å². The number of aromatic nitrogens is 1. The van der Waals surface area contributed by atoms with Gasteiger partial charge in [-0.3, -0.25) is 0 Å². The molecule has 1 unspecified atom stereocenters. The summed E-state index contributed by atoms with van der Waals surface area (Å²) in [7, 11) is 0. The van der Waals surface area contributed by atoms with Gasteiger partial charge in [0.1, 0.15) is 10.8 Å². The van der Waals surface area contributed by atoms with Crippen LogP contribution in [0.1, 0.15) is 31.4 Å². The highest BCUT2D eigenvalue weighted by molar-refractivity contribution is 7.99. The highest BCUT2D eigenvalue weighted by Gasteiger charge is 2.11. The van der Waals surface area contributed by atoms with E-state index in [9.17, 15) is 0 Å². The maximum absolute atomic E-state index is 5.76. The number of anilines is 1. The molecule has 0 aromatic carbocycles. The normalized spacial score (nSPS) is 12.2. The van der Waals surface area contributed by atoms with Crippen LogP contribution in [-0.2, 0) is 0 Å². The first-order chi connectivity index (χ1) is 8.56. The number of nitrogens with two attached hydrogens (primary N) is 1. The molecule has 0 fully saturated rings. The van der Waals surface area contributed by atoms with Crippen molar-refractivity contribution in [3.8, 4) is 0 Å². The minimum absolute atomic E-state index is 0.367. The first kappa shape index (κ1) is 15.2. The van der Waals surface area contributed by atoms with Gasteiger partial charge in [-0.05, 0) is 43.4 Å². The third kappa shape index (κ3) is 4.46. The fourth-order valence-electron chi connectivity index (χ4n) is 1.69. The summed E-state index contributed by atoms with van der Waals surface area (Å²) in [5.74, 6) is 3.11. The van der Waals surface area contributed by atoms with Crippen LogP contribution in [0.2, 0.25) is 0 Å². The quantitative estimate of drug-likeness (QED) is 0.595. The van der Waals surface area contributed by atoms with Gasteiger partial charge in [0.05, 0.1) is 5.56 Å². The van der Waals surface area contributed by atoms with Crippen LogP contribution in [0, 0.1) is 6.92 Å². The van der Waals surface area contributed by atoms with Crippen LogP contribution in [0.25, 0.3) is 0 Å². The van der Waals surface area contributed by atoms with E-state index in [-0.39, 0.29) is 0 Å². The van der Waals surface area contributed by atoms with Crippen LogP contribution < -0.4 is 11.1 Å². The molecule has 0 radical (unpaired) electrons. The molecule has 1 heterocycles. The molecule has 0 spiro atoms. The smallest absolute Gasteiger partial charge is 0.136 e. The van der Waals surface area contributed by atoms with E-state index in [0.29, 0.717) is 11.0 Å². The number of thiocarbonyl (C=S) groups is 1. The maximum atomic E-state index is 5.76. The molecule has 0 saturated heterocycles. The Balaban J connectivity index is 2.72. The summed E-state index contributed by atoms with van der Waals surface area (Å²) < 4.78 is 0. The van der Waals surface area contributed by atoms with Crippen LogP contribution in [0.15, 0.2) is 12.3 Å². The summed E-state index contributed by atoms with van der Waals surface area (Å²) in [5, 5.41) is 3.40. The number of rotatable bonds is 7. The molecule has 1 rings (SSSR count). The van der Waals surface area contributed by atoms with Gasteiger partial charge < -0.3 is 11.1 Å². The highest BCUT2D eigenvalue weighted by atomic mass is 32.2. The standard InChI is InChI=1S/C13H21N3S2/c1-4-18-8-6-10(3)16-13-11(12(14)17)9(2)5-7-15-13/h5,7,10H,4,6,8H2,1-3H3,(H2,14,17)(H,15,16). The van der Waals surface area contributed by atoms with Crippen LogP contribution >= 0.6 is 24.0 Å². The summed E-state index contributed by atoms with van der Waals surface area (Å²) >= 11 is 7.04. The molecule has 0 amide bonds. The van der Waals surface area contributed by atoms with Gasteiger partial charge in [0.25, 0.3) is 0 Å². The molecule has 0 aliphatic heterocycles. The Morgan fingerprint density at radius 3 is 2.94 bits per heavy atom. The molecule has 1 aromatic rings. The SMILES string of the molecule is CCSCCC(C)Nc1nccc(C)c1C(N)=S. The van der Waals surface area contributed by atoms with E-state index in [4.69, 9.17) is 18.0 Å². The molecule has 0 saturated carbocycles. The Labute approximate surface area is 119 Å². The Hall–Kier alpha value is -0.810. The molecule has 0 aliphatic carbocycles. The van der Waals surface area contributed by atoms with Gasteiger partial charge in [-0.1, -0.05) is 19.1 Å². The van der Waals surface area contributed by atoms with Crippen molar-refractivity contribution in [1.82, 2.24) is 4.98 Å². The van der Waals surface area contributed by atoms with Gasteiger partial charge in [-0.2, -0.15) is 11.8 Å². The van der Waals surface area contributed by atoms with Crippen molar-refractivity contribution in [2.45, 2.75) is 33.2 Å². The van der Waals surface area contributed by atoms with Crippen LogP contribution in [-0.4, -0.2) is 27.5 Å². The molecule has 3 N–H and O–H groups in total. The summed E-state index contributed by atoms with van der Waals surface area (Å²) in [4.78, 5) is 4.74. The lowest BCUT2D eigenvalue weighted by molar-refractivity contribution is 0.766. The third-order valence-corrected chi connectivity index (χ3v) is 3.82. The Bertz CT molecular complexity index is 407. The van der Waals surface area contributed by atoms with Crippen molar-refractivity contribution in [3.05, 3.63) is 23.4 Å². The third-order valence-electron chi connectivity index (χ3n) is 2.69. The Morgan fingerprint density at radius 1 is 1.61 bits per heavy atom. The number of nitrogens with zero attached hydrogens (tertiary/aromatic N) is 1. The van der Waals surface area contributed by atoms with Crippen molar-refractivity contribution < 1.29 is 0 Å². The molecule has 3 nitrogen and oxygen atoms in total. The summed E-state index contributed by atoms with van der Waals surface area (Å²) in [5.41, 5.74) is 7.69. The zero-order valence-corrected chi connectivity index (χ0v) is 12.8. The van der Waals surface area contributed by atoms with Crippen molar-refractivity contribution in [3.63, 3.8) is 0 Å². The fraction of sp³-hybridized carbons (Fsp3) is 0.538. The van der Waals surface area contributed by atoms with Crippen molar-refractivity contribution in [2.24, 2.45) is 5.73 Å². The molecule has 0 bridgehead atoms. The number of thioether (sulfide) groups is 1. The monoisotopic (exact) mass is 283 g/mol. The second-order valence-electron chi connectivity index (χ2n) is 4.25. The largest absolute Gasteiger partial charge is 0.389 e. The van der Waals surface area contributed by atoms with Crippen molar-refractivity contribution in [2.75, 3.05) is 16.8 Å². The summed E-state index contributed by atoms with van der Waals surface area (Å²) in [6.45, 7) is 6.33. The van der Waals surface area contributed by atoms with Crippen molar-refractivity contribution in [1.29, 1.82) is 0 Å². The predicted octanol–water partition coefficient (Wildman–Crippen LogP) is 2.97. The van der Waals surface area contributed by atoms with E-state index >= 15 is 0 Å². The number of hydrogen-bond acceptors (Lipinski definition) is 4. The Kier molecular flexibility index (Phi) is 6.43. The van der Waals surface area contributed by atoms with E-state index in [1.807, 2.05) is 24.8 Å². The van der Waals surface area contributed by atoms with E-state index in [1.165, 1.54) is 0 Å². The molecule has 5 heteroatoms. The number of pyridine rings is 1. The first-order valence-electron chi connectivity index (χ1n) is 6.16. The average molecular weight is 283 g/mol. The first-order valence-corrected chi connectivity index (χ1v) is 7.72. The van der Waals surface area contributed by atoms with E-state index in [2.05, 4.69) is 24.1 Å². The van der Waals surface area contributed by atoms with E-state index < -0.39 is 0 Å². The lowest BCUT2D eigenvalue weighted by atomic mass is 10.1. The zero-order chi connectivity index (χ0) is 13.5. The minimum atomic E-state index is 0.367. The molecule has 0 aliphatic rings. The highest BCUT2D eigenvalue weighted by Crippen LogP contribution is 2.18. The maximum Gasteiger partial charge on any atom is 0.136 e.